The minimum absolute atomic E-state index is 0.203. The Hall–Kier alpha value is -2.24. The highest BCUT2D eigenvalue weighted by atomic mass is 35.5. The van der Waals surface area contributed by atoms with Crippen LogP contribution in [-0.4, -0.2) is 46.5 Å². The molecule has 2 heterocycles. The maximum Gasteiger partial charge on any atom is 0.323 e. The van der Waals surface area contributed by atoms with Gasteiger partial charge < -0.3 is 15.0 Å². The maximum atomic E-state index is 11.8. The van der Waals surface area contributed by atoms with Gasteiger partial charge in [-0.15, -0.1) is 11.3 Å². The van der Waals surface area contributed by atoms with Gasteiger partial charge in [-0.05, 0) is 75.2 Å². The van der Waals surface area contributed by atoms with Gasteiger partial charge in [0.1, 0.15) is 6.04 Å². The summed E-state index contributed by atoms with van der Waals surface area (Å²) in [5.74, 6) is -0.350. The summed E-state index contributed by atoms with van der Waals surface area (Å²) < 4.78 is 30.9. The first-order valence-corrected chi connectivity index (χ1v) is 15.0. The number of anilines is 1. The summed E-state index contributed by atoms with van der Waals surface area (Å²) in [6.07, 6.45) is 5.30. The third-order valence-electron chi connectivity index (χ3n) is 5.45. The number of thiophene rings is 1. The molecule has 204 valence electrons. The van der Waals surface area contributed by atoms with Gasteiger partial charge in [0.25, 0.3) is 0 Å². The lowest BCUT2D eigenvalue weighted by molar-refractivity contribution is -0.144. The van der Waals surface area contributed by atoms with Crippen LogP contribution in [0.25, 0.3) is 6.08 Å². The van der Waals surface area contributed by atoms with Crippen molar-refractivity contribution >= 4 is 56.6 Å². The fourth-order valence-corrected chi connectivity index (χ4v) is 5.79. The Morgan fingerprint density at radius 2 is 2.00 bits per heavy atom. The molecule has 37 heavy (non-hydrogen) atoms. The quantitative estimate of drug-likeness (QED) is 0.379. The molecule has 0 spiro atoms. The van der Waals surface area contributed by atoms with Gasteiger partial charge in [0.15, 0.2) is 0 Å². The van der Waals surface area contributed by atoms with Crippen LogP contribution in [0.5, 0.6) is 0 Å². The van der Waals surface area contributed by atoms with E-state index < -0.39 is 22.0 Å². The maximum absolute atomic E-state index is 11.8. The van der Waals surface area contributed by atoms with Crippen LogP contribution in [0.1, 0.15) is 56.0 Å². The molecule has 2 N–H and O–H groups in total. The number of benzene rings is 1. The van der Waals surface area contributed by atoms with Gasteiger partial charge in [-0.1, -0.05) is 31.0 Å². The third kappa shape index (κ3) is 10.2. The van der Waals surface area contributed by atoms with Crippen LogP contribution in [-0.2, 0) is 37.3 Å². The van der Waals surface area contributed by atoms with Crippen molar-refractivity contribution in [1.82, 2.24) is 10.0 Å². The van der Waals surface area contributed by atoms with Crippen molar-refractivity contribution in [2.24, 2.45) is 0 Å². The number of rotatable bonds is 11. The molecule has 0 radical (unpaired) electrons. The lowest BCUT2D eigenvalue weighted by atomic mass is 10.0. The molecule has 1 atom stereocenters. The number of nitrogens with zero attached hydrogens (tertiary/aromatic N) is 1. The molecule has 0 aliphatic carbocycles. The third-order valence-corrected chi connectivity index (χ3v) is 7.82. The molecule has 1 amide bonds. The number of hydrogen-bond acceptors (Lipinski definition) is 7. The van der Waals surface area contributed by atoms with E-state index in [0.29, 0.717) is 15.6 Å². The molecule has 1 aromatic carbocycles. The fourth-order valence-electron chi connectivity index (χ4n) is 3.74. The van der Waals surface area contributed by atoms with Crippen molar-refractivity contribution in [2.45, 2.75) is 59.0 Å². The SMILES string of the molecule is CCCc1cc(N2CCCC2=O)ccc1CNC.CCOC(=O)C(C)NS(=O)(=O)/C=C/c1ccc(Cl)s1. The summed E-state index contributed by atoms with van der Waals surface area (Å²) in [7, 11) is -1.73. The van der Waals surface area contributed by atoms with Gasteiger partial charge in [0.2, 0.25) is 15.9 Å². The number of carbonyl (C=O) groups is 2. The van der Waals surface area contributed by atoms with Gasteiger partial charge in [-0.25, -0.2) is 8.42 Å². The zero-order valence-electron chi connectivity index (χ0n) is 21.8. The molecule has 0 saturated carbocycles. The normalized spacial score (nSPS) is 14.5. The Morgan fingerprint density at radius 3 is 2.57 bits per heavy atom. The van der Waals surface area contributed by atoms with E-state index in [1.54, 1.807) is 19.1 Å². The predicted molar refractivity (Wildman–Crippen MR) is 151 cm³/mol. The topological polar surface area (TPSA) is 105 Å². The second kappa shape index (κ2) is 15.2. The van der Waals surface area contributed by atoms with E-state index in [-0.39, 0.29) is 12.5 Å². The fraction of sp³-hybridized carbons (Fsp3) is 0.462. The zero-order chi connectivity index (χ0) is 27.4. The number of ether oxygens (including phenoxy) is 1. The summed E-state index contributed by atoms with van der Waals surface area (Å²) in [6.45, 7) is 7.23. The summed E-state index contributed by atoms with van der Waals surface area (Å²) in [4.78, 5) is 25.7. The molecular weight excluding hydrogens is 534 g/mol. The molecule has 3 rings (SSSR count). The van der Waals surface area contributed by atoms with Crippen molar-refractivity contribution in [1.29, 1.82) is 0 Å². The average Bonchev–Trinajstić information content (AvgIpc) is 3.47. The van der Waals surface area contributed by atoms with Crippen LogP contribution < -0.4 is 14.9 Å². The molecule has 1 saturated heterocycles. The zero-order valence-corrected chi connectivity index (χ0v) is 24.1. The Bertz CT molecular complexity index is 1180. The Kier molecular flexibility index (Phi) is 12.8. The van der Waals surface area contributed by atoms with E-state index >= 15 is 0 Å². The first-order chi connectivity index (χ1) is 17.6. The molecule has 1 aliphatic rings. The second-order valence-corrected chi connectivity index (χ2v) is 11.8. The van der Waals surface area contributed by atoms with Crippen molar-refractivity contribution in [3.8, 4) is 0 Å². The number of halogens is 1. The molecule has 1 fully saturated rings. The first kappa shape index (κ1) is 31.0. The van der Waals surface area contributed by atoms with Crippen LogP contribution in [0.4, 0.5) is 5.69 Å². The van der Waals surface area contributed by atoms with E-state index in [1.807, 2.05) is 11.9 Å². The van der Waals surface area contributed by atoms with Gasteiger partial charge in [0, 0.05) is 35.5 Å². The standard InChI is InChI=1S/C15H22N2O.C11H14ClNO4S2/c1-3-5-12-10-14(8-7-13(12)11-16-2)17-9-4-6-15(17)18;1-3-17-11(14)8(2)13-19(15,16)7-6-9-4-5-10(12)18-9/h7-8,10,16H,3-6,9,11H2,1-2H3;4-8,13H,3H2,1-2H3/b;7-6+. The highest BCUT2D eigenvalue weighted by Crippen LogP contribution is 2.25. The number of hydrogen-bond donors (Lipinski definition) is 2. The second-order valence-electron chi connectivity index (χ2n) is 8.46. The molecule has 8 nitrogen and oxygen atoms in total. The number of esters is 1. The molecule has 1 aromatic heterocycles. The van der Waals surface area contributed by atoms with Gasteiger partial charge >= 0.3 is 5.97 Å². The van der Waals surface area contributed by atoms with Gasteiger partial charge in [-0.2, -0.15) is 4.72 Å². The Balaban J connectivity index is 0.000000260. The summed E-state index contributed by atoms with van der Waals surface area (Å²) in [6, 6.07) is 8.87. The number of amides is 1. The molecule has 0 bridgehead atoms. The number of carbonyl (C=O) groups excluding carboxylic acids is 2. The highest BCUT2D eigenvalue weighted by molar-refractivity contribution is 7.92. The first-order valence-electron chi connectivity index (χ1n) is 12.3. The Labute approximate surface area is 229 Å². The number of aryl methyl sites for hydroxylation is 1. The monoisotopic (exact) mass is 569 g/mol. The molecule has 1 aliphatic heterocycles. The molecule has 2 aromatic rings. The van der Waals surface area contributed by atoms with Crippen LogP contribution in [0.15, 0.2) is 35.7 Å². The highest BCUT2D eigenvalue weighted by Gasteiger charge is 2.22. The lowest BCUT2D eigenvalue weighted by Gasteiger charge is -2.18. The van der Waals surface area contributed by atoms with Crippen molar-refractivity contribution in [3.63, 3.8) is 0 Å². The average molecular weight is 570 g/mol. The number of nitrogens with one attached hydrogen (secondary N) is 2. The lowest BCUT2D eigenvalue weighted by Crippen LogP contribution is -2.38. The summed E-state index contributed by atoms with van der Waals surface area (Å²) in [5, 5.41) is 4.19. The summed E-state index contributed by atoms with van der Waals surface area (Å²) >= 11 is 6.99. The van der Waals surface area contributed by atoms with E-state index in [2.05, 4.69) is 35.2 Å². The summed E-state index contributed by atoms with van der Waals surface area (Å²) in [5.41, 5.74) is 3.78. The molecular formula is C26H36ClN3O5S2. The van der Waals surface area contributed by atoms with Crippen molar-refractivity contribution in [3.05, 3.63) is 56.1 Å². The van der Waals surface area contributed by atoms with Gasteiger partial charge in [0.05, 0.1) is 10.9 Å². The minimum Gasteiger partial charge on any atom is -0.465 e. The van der Waals surface area contributed by atoms with Crippen LogP contribution >= 0.6 is 22.9 Å². The van der Waals surface area contributed by atoms with Crippen LogP contribution in [0.2, 0.25) is 4.34 Å². The smallest absolute Gasteiger partial charge is 0.323 e. The van der Waals surface area contributed by atoms with Gasteiger partial charge in [-0.3, -0.25) is 9.59 Å². The van der Waals surface area contributed by atoms with E-state index in [0.717, 1.165) is 43.4 Å². The van der Waals surface area contributed by atoms with E-state index in [9.17, 15) is 18.0 Å². The number of sulfonamides is 1. The van der Waals surface area contributed by atoms with Crippen molar-refractivity contribution in [2.75, 3.05) is 25.1 Å². The molecule has 1 unspecified atom stereocenters. The van der Waals surface area contributed by atoms with Crippen LogP contribution in [0.3, 0.4) is 0 Å². The van der Waals surface area contributed by atoms with E-state index in [4.69, 9.17) is 16.3 Å². The largest absolute Gasteiger partial charge is 0.465 e. The Morgan fingerprint density at radius 1 is 1.24 bits per heavy atom. The minimum atomic E-state index is -3.70. The van der Waals surface area contributed by atoms with Crippen LogP contribution in [0, 0.1) is 0 Å². The molecule has 11 heteroatoms. The van der Waals surface area contributed by atoms with E-state index in [1.165, 1.54) is 35.5 Å². The predicted octanol–water partition coefficient (Wildman–Crippen LogP) is 4.73. The van der Waals surface area contributed by atoms with Crippen molar-refractivity contribution < 1.29 is 22.7 Å².